The molecule has 124 valence electrons. The molecule has 0 unspecified atom stereocenters. The zero-order chi connectivity index (χ0) is 17.1. The number of anilines is 1. The van der Waals surface area contributed by atoms with Gasteiger partial charge >= 0.3 is 0 Å². The Morgan fingerprint density at radius 3 is 2.92 bits per heavy atom. The molecule has 0 radical (unpaired) electrons. The van der Waals surface area contributed by atoms with E-state index in [9.17, 15) is 9.59 Å². The summed E-state index contributed by atoms with van der Waals surface area (Å²) >= 11 is 7.45. The maximum Gasteiger partial charge on any atom is 0.251 e. The Morgan fingerprint density at radius 2 is 2.12 bits per heavy atom. The SMILES string of the molecule is C[C@H]1Sc2ccc(C(=O)NCCc3cccc(Cl)c3)cc2NC1=O. The quantitative estimate of drug-likeness (QED) is 0.873. The number of thioether (sulfide) groups is 1. The number of fused-ring (bicyclic) bond motifs is 1. The number of hydrogen-bond donors (Lipinski definition) is 2. The van der Waals surface area contributed by atoms with Crippen molar-refractivity contribution in [2.24, 2.45) is 0 Å². The molecule has 0 bridgehead atoms. The van der Waals surface area contributed by atoms with Crippen LogP contribution in [-0.4, -0.2) is 23.6 Å². The number of amides is 2. The third-order valence-electron chi connectivity index (χ3n) is 3.76. The number of hydrogen-bond acceptors (Lipinski definition) is 3. The Kier molecular flexibility index (Phi) is 5.11. The summed E-state index contributed by atoms with van der Waals surface area (Å²) in [5.74, 6) is -0.191. The van der Waals surface area contributed by atoms with Crippen molar-refractivity contribution in [3.8, 4) is 0 Å². The van der Waals surface area contributed by atoms with Crippen molar-refractivity contribution in [1.82, 2.24) is 5.32 Å². The molecule has 2 amide bonds. The summed E-state index contributed by atoms with van der Waals surface area (Å²) in [4.78, 5) is 25.0. The van der Waals surface area contributed by atoms with E-state index in [0.717, 1.165) is 10.5 Å². The first-order valence-electron chi connectivity index (χ1n) is 7.67. The Bertz CT molecular complexity index is 794. The summed E-state index contributed by atoms with van der Waals surface area (Å²) in [6.45, 7) is 2.38. The van der Waals surface area contributed by atoms with E-state index in [2.05, 4.69) is 10.6 Å². The maximum absolute atomic E-state index is 12.3. The monoisotopic (exact) mass is 360 g/mol. The number of carbonyl (C=O) groups excluding carboxylic acids is 2. The van der Waals surface area contributed by atoms with E-state index in [1.807, 2.05) is 37.3 Å². The van der Waals surface area contributed by atoms with E-state index < -0.39 is 0 Å². The number of benzene rings is 2. The first-order chi connectivity index (χ1) is 11.5. The molecule has 1 heterocycles. The fourth-order valence-electron chi connectivity index (χ4n) is 2.46. The van der Waals surface area contributed by atoms with Gasteiger partial charge in [0.15, 0.2) is 0 Å². The minimum Gasteiger partial charge on any atom is -0.352 e. The van der Waals surface area contributed by atoms with Crippen LogP contribution in [0, 0.1) is 0 Å². The van der Waals surface area contributed by atoms with Crippen molar-refractivity contribution in [2.75, 3.05) is 11.9 Å². The number of rotatable bonds is 4. The molecule has 0 fully saturated rings. The summed E-state index contributed by atoms with van der Waals surface area (Å²) < 4.78 is 0. The lowest BCUT2D eigenvalue weighted by atomic mass is 10.1. The van der Waals surface area contributed by atoms with Gasteiger partial charge in [0.05, 0.1) is 10.9 Å². The first kappa shape index (κ1) is 16.9. The van der Waals surface area contributed by atoms with Crippen LogP contribution in [0.5, 0.6) is 0 Å². The van der Waals surface area contributed by atoms with Crippen molar-refractivity contribution >= 4 is 40.9 Å². The van der Waals surface area contributed by atoms with Crippen molar-refractivity contribution in [3.63, 3.8) is 0 Å². The standard InChI is InChI=1S/C18H17ClN2O2S/c1-11-17(22)21-15-10-13(5-6-16(15)24-11)18(23)20-8-7-12-3-2-4-14(19)9-12/h2-6,9-11H,7-8H2,1H3,(H,20,23)(H,21,22)/t11-/m1/s1. The summed E-state index contributed by atoms with van der Waals surface area (Å²) in [6.07, 6.45) is 0.710. The van der Waals surface area contributed by atoms with Crippen LogP contribution in [0.3, 0.4) is 0 Å². The second-order valence-electron chi connectivity index (χ2n) is 5.60. The predicted octanol–water partition coefficient (Wildman–Crippen LogP) is 3.75. The van der Waals surface area contributed by atoms with Crippen LogP contribution in [0.1, 0.15) is 22.8 Å². The van der Waals surface area contributed by atoms with Gasteiger partial charge in [-0.1, -0.05) is 23.7 Å². The topological polar surface area (TPSA) is 58.2 Å². The van der Waals surface area contributed by atoms with Crippen LogP contribution in [0.25, 0.3) is 0 Å². The molecule has 0 saturated heterocycles. The summed E-state index contributed by atoms with van der Waals surface area (Å²) in [7, 11) is 0. The second kappa shape index (κ2) is 7.28. The van der Waals surface area contributed by atoms with Crippen LogP contribution in [0.4, 0.5) is 5.69 Å². The molecule has 6 heteroatoms. The van der Waals surface area contributed by atoms with Crippen LogP contribution < -0.4 is 10.6 Å². The van der Waals surface area contributed by atoms with Crippen molar-refractivity contribution in [2.45, 2.75) is 23.5 Å². The van der Waals surface area contributed by atoms with Crippen LogP contribution in [0.2, 0.25) is 5.02 Å². The zero-order valence-corrected chi connectivity index (χ0v) is 14.7. The van der Waals surface area contributed by atoms with Gasteiger partial charge in [-0.25, -0.2) is 0 Å². The van der Waals surface area contributed by atoms with Gasteiger partial charge in [-0.05, 0) is 49.2 Å². The molecule has 0 aliphatic carbocycles. The van der Waals surface area contributed by atoms with Gasteiger partial charge in [0.2, 0.25) is 5.91 Å². The van der Waals surface area contributed by atoms with E-state index in [1.165, 1.54) is 11.8 Å². The highest BCUT2D eigenvalue weighted by Crippen LogP contribution is 2.35. The molecule has 0 spiro atoms. The summed E-state index contributed by atoms with van der Waals surface area (Å²) in [5, 5.41) is 6.31. The highest BCUT2D eigenvalue weighted by Gasteiger charge is 2.23. The molecule has 1 atom stereocenters. The Balaban J connectivity index is 1.61. The lowest BCUT2D eigenvalue weighted by Crippen LogP contribution is -2.28. The van der Waals surface area contributed by atoms with Gasteiger partial charge < -0.3 is 10.6 Å². The third-order valence-corrected chi connectivity index (χ3v) is 5.17. The van der Waals surface area contributed by atoms with Gasteiger partial charge in [0.1, 0.15) is 0 Å². The molecule has 0 aromatic heterocycles. The number of nitrogens with one attached hydrogen (secondary N) is 2. The van der Waals surface area contributed by atoms with Crippen molar-refractivity contribution in [1.29, 1.82) is 0 Å². The van der Waals surface area contributed by atoms with Gasteiger partial charge in [0, 0.05) is 22.0 Å². The van der Waals surface area contributed by atoms with Gasteiger partial charge in [0.25, 0.3) is 5.91 Å². The fraction of sp³-hybridized carbons (Fsp3) is 0.222. The Labute approximate surface area is 150 Å². The molecular formula is C18H17ClN2O2S. The van der Waals surface area contributed by atoms with Crippen molar-refractivity contribution < 1.29 is 9.59 Å². The van der Waals surface area contributed by atoms with Gasteiger partial charge in [-0.2, -0.15) is 0 Å². The molecule has 4 nitrogen and oxygen atoms in total. The molecule has 0 saturated carbocycles. The van der Waals surface area contributed by atoms with E-state index >= 15 is 0 Å². The molecule has 1 aliphatic heterocycles. The third kappa shape index (κ3) is 3.91. The molecule has 1 aliphatic rings. The van der Waals surface area contributed by atoms with E-state index in [0.29, 0.717) is 29.2 Å². The average Bonchev–Trinajstić information content (AvgIpc) is 2.55. The second-order valence-corrected chi connectivity index (χ2v) is 7.42. The molecule has 2 aromatic carbocycles. The van der Waals surface area contributed by atoms with Crippen LogP contribution in [-0.2, 0) is 11.2 Å². The Morgan fingerprint density at radius 1 is 1.29 bits per heavy atom. The smallest absolute Gasteiger partial charge is 0.251 e. The largest absolute Gasteiger partial charge is 0.352 e. The minimum absolute atomic E-state index is 0.0361. The lowest BCUT2D eigenvalue weighted by Gasteiger charge is -2.21. The van der Waals surface area contributed by atoms with E-state index in [1.54, 1.807) is 12.1 Å². The Hall–Kier alpha value is -1.98. The number of carbonyl (C=O) groups is 2. The fourth-order valence-corrected chi connectivity index (χ4v) is 3.61. The average molecular weight is 361 g/mol. The maximum atomic E-state index is 12.3. The number of halogens is 1. The molecule has 3 rings (SSSR count). The van der Waals surface area contributed by atoms with Gasteiger partial charge in [-0.3, -0.25) is 9.59 Å². The van der Waals surface area contributed by atoms with Crippen molar-refractivity contribution in [3.05, 3.63) is 58.6 Å². The highest BCUT2D eigenvalue weighted by atomic mass is 35.5. The van der Waals surface area contributed by atoms with Crippen LogP contribution in [0.15, 0.2) is 47.4 Å². The molecule has 2 N–H and O–H groups in total. The molecule has 2 aromatic rings. The molecular weight excluding hydrogens is 344 g/mol. The van der Waals surface area contributed by atoms with Gasteiger partial charge in [-0.15, -0.1) is 11.8 Å². The summed E-state index contributed by atoms with van der Waals surface area (Å²) in [6, 6.07) is 13.0. The lowest BCUT2D eigenvalue weighted by molar-refractivity contribution is -0.115. The zero-order valence-electron chi connectivity index (χ0n) is 13.1. The van der Waals surface area contributed by atoms with E-state index in [-0.39, 0.29) is 17.1 Å². The summed E-state index contributed by atoms with van der Waals surface area (Å²) in [5.41, 5.74) is 2.31. The van der Waals surface area contributed by atoms with Crippen LogP contribution >= 0.6 is 23.4 Å². The van der Waals surface area contributed by atoms with E-state index in [4.69, 9.17) is 11.6 Å². The highest BCUT2D eigenvalue weighted by molar-refractivity contribution is 8.00. The normalized spacial score (nSPS) is 16.2. The minimum atomic E-state index is -0.155. The first-order valence-corrected chi connectivity index (χ1v) is 8.93. The predicted molar refractivity (Wildman–Crippen MR) is 97.9 cm³/mol. The molecule has 24 heavy (non-hydrogen) atoms.